The third-order valence-electron chi connectivity index (χ3n) is 5.66. The summed E-state index contributed by atoms with van der Waals surface area (Å²) >= 11 is 30.5. The molecule has 7 nitrogen and oxygen atoms in total. The Labute approximate surface area is 264 Å². The zero-order valence-corrected chi connectivity index (χ0v) is 26.2. The number of carbonyl (C=O) groups excluding carboxylic acids is 2. The van der Waals surface area contributed by atoms with E-state index < -0.39 is 24.0 Å². The van der Waals surface area contributed by atoms with Gasteiger partial charge in [0.25, 0.3) is 11.8 Å². The minimum Gasteiger partial charge on any atom is -0.488 e. The summed E-state index contributed by atoms with van der Waals surface area (Å²) in [6, 6.07) is 13.9. The molecule has 218 valence electrons. The Bertz CT molecular complexity index is 1420. The number of hydrogen-bond donors (Lipinski definition) is 2. The molecule has 2 amide bonds. The minimum atomic E-state index is -0.931. The summed E-state index contributed by atoms with van der Waals surface area (Å²) in [5.74, 6) is -0.127. The number of nitrogens with one attached hydrogen (secondary N) is 2. The molecule has 0 saturated heterocycles. The lowest BCUT2D eigenvalue weighted by molar-refractivity contribution is -0.132. The molecule has 0 spiro atoms. The van der Waals surface area contributed by atoms with Crippen molar-refractivity contribution in [3.8, 4) is 11.5 Å². The Hall–Kier alpha value is -2.68. The molecular weight excluding hydrogens is 632 g/mol. The lowest BCUT2D eigenvalue weighted by atomic mass is 10.0. The van der Waals surface area contributed by atoms with Gasteiger partial charge in [0, 0.05) is 31.2 Å². The molecule has 2 N–H and O–H groups in total. The van der Waals surface area contributed by atoms with Crippen LogP contribution in [-0.2, 0) is 16.2 Å². The monoisotopic (exact) mass is 657 g/mol. The first-order valence-corrected chi connectivity index (χ1v) is 14.4. The molecule has 0 aliphatic carbocycles. The second kappa shape index (κ2) is 15.5. The lowest BCUT2D eigenvalue weighted by Gasteiger charge is -2.22. The fraction of sp³-hybridized carbons (Fsp3) is 0.276. The van der Waals surface area contributed by atoms with Gasteiger partial charge in [-0.15, -0.1) is 0 Å². The first kappa shape index (κ1) is 32.8. The molecule has 12 heteroatoms. The van der Waals surface area contributed by atoms with E-state index in [0.717, 1.165) is 5.56 Å². The van der Waals surface area contributed by atoms with E-state index in [4.69, 9.17) is 67.5 Å². The topological polar surface area (TPSA) is 89.0 Å². The van der Waals surface area contributed by atoms with Gasteiger partial charge in [-0.1, -0.05) is 77.9 Å². The van der Waals surface area contributed by atoms with Crippen LogP contribution in [0, 0.1) is 5.92 Å². The number of rotatable bonds is 12. The minimum absolute atomic E-state index is 0.101. The van der Waals surface area contributed by atoms with Crippen LogP contribution in [0.4, 0.5) is 0 Å². The summed E-state index contributed by atoms with van der Waals surface area (Å²) in [5.41, 5.74) is 3.75. The van der Waals surface area contributed by atoms with E-state index in [2.05, 4.69) is 15.8 Å². The van der Waals surface area contributed by atoms with Crippen LogP contribution in [0.15, 0.2) is 59.7 Å². The maximum atomic E-state index is 13.0. The quantitative estimate of drug-likeness (QED) is 0.152. The van der Waals surface area contributed by atoms with Gasteiger partial charge >= 0.3 is 0 Å². The Kier molecular flexibility index (Phi) is 12.4. The lowest BCUT2D eigenvalue weighted by Crippen LogP contribution is -2.49. The van der Waals surface area contributed by atoms with E-state index in [1.54, 1.807) is 55.5 Å². The average molecular weight is 660 g/mol. The number of hydrazone groups is 1. The molecule has 0 aliphatic heterocycles. The summed E-state index contributed by atoms with van der Waals surface area (Å²) in [6.45, 7) is 5.60. The van der Waals surface area contributed by atoms with Gasteiger partial charge in [0.15, 0.2) is 6.10 Å². The van der Waals surface area contributed by atoms with E-state index in [1.807, 2.05) is 13.8 Å². The van der Waals surface area contributed by atoms with Crippen LogP contribution in [0.3, 0.4) is 0 Å². The number of nitrogens with zero attached hydrogens (tertiary/aromatic N) is 1. The molecule has 0 unspecified atom stereocenters. The van der Waals surface area contributed by atoms with Crippen LogP contribution in [0.2, 0.25) is 25.1 Å². The summed E-state index contributed by atoms with van der Waals surface area (Å²) < 4.78 is 11.6. The van der Waals surface area contributed by atoms with Gasteiger partial charge in [-0.25, -0.2) is 5.43 Å². The normalized spacial score (nSPS) is 12.7. The third-order valence-corrected chi connectivity index (χ3v) is 7.01. The van der Waals surface area contributed by atoms with Crippen LogP contribution in [0.25, 0.3) is 0 Å². The molecule has 0 aliphatic rings. The second-order valence-electron chi connectivity index (χ2n) is 9.47. The van der Waals surface area contributed by atoms with Crippen LogP contribution >= 0.6 is 58.0 Å². The number of halogens is 5. The Morgan fingerprint density at radius 2 is 1.44 bits per heavy atom. The molecule has 3 aromatic carbocycles. The van der Waals surface area contributed by atoms with Crippen molar-refractivity contribution in [2.24, 2.45) is 11.0 Å². The third kappa shape index (κ3) is 10.3. The maximum Gasteiger partial charge on any atom is 0.262 e. The van der Waals surface area contributed by atoms with Gasteiger partial charge in [-0.2, -0.15) is 5.10 Å². The first-order chi connectivity index (χ1) is 19.4. The van der Waals surface area contributed by atoms with Gasteiger partial charge in [0.2, 0.25) is 0 Å². The van der Waals surface area contributed by atoms with Gasteiger partial charge in [-0.05, 0) is 67.8 Å². The smallest absolute Gasteiger partial charge is 0.262 e. The molecule has 41 heavy (non-hydrogen) atoms. The predicted octanol–water partition coefficient (Wildman–Crippen LogP) is 7.98. The van der Waals surface area contributed by atoms with E-state index in [0.29, 0.717) is 43.6 Å². The Morgan fingerprint density at radius 3 is 2.07 bits per heavy atom. The number of hydrogen-bond acceptors (Lipinski definition) is 5. The molecule has 0 bridgehead atoms. The van der Waals surface area contributed by atoms with Crippen molar-refractivity contribution in [2.45, 2.75) is 45.9 Å². The zero-order chi connectivity index (χ0) is 30.1. The number of benzene rings is 3. The van der Waals surface area contributed by atoms with Crippen molar-refractivity contribution in [1.29, 1.82) is 0 Å². The summed E-state index contributed by atoms with van der Waals surface area (Å²) in [5, 5.41) is 8.96. The molecule has 0 radical (unpaired) electrons. The van der Waals surface area contributed by atoms with Crippen molar-refractivity contribution in [3.63, 3.8) is 0 Å². The van der Waals surface area contributed by atoms with E-state index in [-0.39, 0.29) is 17.5 Å². The maximum absolute atomic E-state index is 13.0. The first-order valence-electron chi connectivity index (χ1n) is 12.5. The van der Waals surface area contributed by atoms with Crippen LogP contribution in [0.1, 0.15) is 38.3 Å². The van der Waals surface area contributed by atoms with Crippen molar-refractivity contribution in [1.82, 2.24) is 10.7 Å². The molecule has 0 fully saturated rings. The molecule has 3 rings (SSSR count). The SMILES string of the molecule is CC(C)C[C@H](NC(=O)[C@H](C)Oc1ccc(Cl)cc1Cl)C(=O)N/N=C\c1cc(Cl)ccc1OCc1ccc(Cl)cc1Cl. The van der Waals surface area contributed by atoms with Crippen molar-refractivity contribution < 1.29 is 19.1 Å². The van der Waals surface area contributed by atoms with Gasteiger partial charge in [0.05, 0.1) is 11.2 Å². The molecule has 0 aromatic heterocycles. The standard InChI is InChI=1S/C29H28Cl5N3O4/c1-16(2)10-25(36-28(38)17(3)41-27-9-7-22(32)13-24(27)34)29(39)37-35-14-19-11-20(30)6-8-26(19)40-15-18-4-5-21(31)12-23(18)33/h4-9,11-14,16-17,25H,10,15H2,1-3H3,(H,36,38)(H,37,39)/b35-14-/t17-,25-/m0/s1. The van der Waals surface area contributed by atoms with Crippen LogP contribution in [0.5, 0.6) is 11.5 Å². The highest BCUT2D eigenvalue weighted by Crippen LogP contribution is 2.29. The van der Waals surface area contributed by atoms with E-state index in [1.165, 1.54) is 12.3 Å². The summed E-state index contributed by atoms with van der Waals surface area (Å²) in [6.07, 6.45) is 0.847. The Balaban J connectivity index is 1.65. The van der Waals surface area contributed by atoms with Crippen molar-refractivity contribution in [2.75, 3.05) is 0 Å². The number of ether oxygens (including phenoxy) is 2. The highest BCUT2D eigenvalue weighted by Gasteiger charge is 2.25. The predicted molar refractivity (Wildman–Crippen MR) is 166 cm³/mol. The molecule has 0 heterocycles. The molecule has 3 aromatic rings. The van der Waals surface area contributed by atoms with Gasteiger partial charge < -0.3 is 14.8 Å². The van der Waals surface area contributed by atoms with Gasteiger partial charge in [0.1, 0.15) is 24.1 Å². The molecule has 2 atom stereocenters. The molecular formula is C29H28Cl5N3O4. The van der Waals surface area contributed by atoms with Crippen molar-refractivity contribution >= 4 is 76.0 Å². The summed E-state index contributed by atoms with van der Waals surface area (Å²) in [7, 11) is 0. The fourth-order valence-corrected chi connectivity index (χ4v) is 4.69. The average Bonchev–Trinajstić information content (AvgIpc) is 2.89. The van der Waals surface area contributed by atoms with E-state index >= 15 is 0 Å². The van der Waals surface area contributed by atoms with Crippen LogP contribution < -0.4 is 20.2 Å². The highest BCUT2D eigenvalue weighted by molar-refractivity contribution is 6.36. The number of amides is 2. The Morgan fingerprint density at radius 1 is 0.829 bits per heavy atom. The van der Waals surface area contributed by atoms with Crippen LogP contribution in [-0.4, -0.2) is 30.2 Å². The number of carbonyl (C=O) groups is 2. The second-order valence-corrected chi connectivity index (χ2v) is 11.6. The highest BCUT2D eigenvalue weighted by atomic mass is 35.5. The fourth-order valence-electron chi connectivity index (χ4n) is 3.60. The van der Waals surface area contributed by atoms with Crippen molar-refractivity contribution in [3.05, 3.63) is 90.8 Å². The zero-order valence-electron chi connectivity index (χ0n) is 22.4. The van der Waals surface area contributed by atoms with Gasteiger partial charge in [-0.3, -0.25) is 9.59 Å². The van der Waals surface area contributed by atoms with E-state index in [9.17, 15) is 9.59 Å². The molecule has 0 saturated carbocycles. The largest absolute Gasteiger partial charge is 0.488 e. The summed E-state index contributed by atoms with van der Waals surface area (Å²) in [4.78, 5) is 25.9.